The SMILES string of the molecule is CC1CN(CC2CCN(C(=O)CCN)CC2)CC(C)O1. The monoisotopic (exact) mass is 283 g/mol. The van der Waals surface area contributed by atoms with Crippen LogP contribution < -0.4 is 5.73 Å². The molecule has 116 valence electrons. The molecule has 0 aromatic carbocycles. The number of carbonyl (C=O) groups is 1. The number of morpholine rings is 1. The number of nitrogens with zero attached hydrogens (tertiary/aromatic N) is 2. The van der Waals surface area contributed by atoms with Gasteiger partial charge in [-0.1, -0.05) is 0 Å². The van der Waals surface area contributed by atoms with E-state index in [9.17, 15) is 4.79 Å². The summed E-state index contributed by atoms with van der Waals surface area (Å²) in [5.41, 5.74) is 5.45. The van der Waals surface area contributed by atoms with Crippen molar-refractivity contribution in [2.75, 3.05) is 39.3 Å². The van der Waals surface area contributed by atoms with Crippen LogP contribution in [0.1, 0.15) is 33.1 Å². The molecule has 0 aromatic rings. The van der Waals surface area contributed by atoms with Gasteiger partial charge in [-0.05, 0) is 32.6 Å². The summed E-state index contributed by atoms with van der Waals surface area (Å²) in [5, 5.41) is 0. The molecule has 2 fully saturated rings. The van der Waals surface area contributed by atoms with E-state index in [1.807, 2.05) is 4.90 Å². The second-order valence-electron chi connectivity index (χ2n) is 6.34. The molecule has 2 atom stereocenters. The average molecular weight is 283 g/mol. The first-order valence-corrected chi connectivity index (χ1v) is 7.94. The van der Waals surface area contributed by atoms with Crippen LogP contribution in [0.15, 0.2) is 0 Å². The molecule has 2 aliphatic rings. The minimum absolute atomic E-state index is 0.222. The molecule has 5 heteroatoms. The van der Waals surface area contributed by atoms with Gasteiger partial charge in [-0.2, -0.15) is 0 Å². The summed E-state index contributed by atoms with van der Waals surface area (Å²) >= 11 is 0. The summed E-state index contributed by atoms with van der Waals surface area (Å²) in [6.07, 6.45) is 3.41. The van der Waals surface area contributed by atoms with Gasteiger partial charge in [0.25, 0.3) is 0 Å². The number of carbonyl (C=O) groups excluding carboxylic acids is 1. The highest BCUT2D eigenvalue weighted by Gasteiger charge is 2.27. The van der Waals surface area contributed by atoms with Crippen molar-refractivity contribution < 1.29 is 9.53 Å². The lowest BCUT2D eigenvalue weighted by atomic mass is 9.95. The molecule has 5 nitrogen and oxygen atoms in total. The number of amides is 1. The molecule has 0 aliphatic carbocycles. The van der Waals surface area contributed by atoms with Crippen LogP contribution in [-0.4, -0.2) is 67.2 Å². The van der Waals surface area contributed by atoms with Crippen molar-refractivity contribution in [1.29, 1.82) is 0 Å². The minimum Gasteiger partial charge on any atom is -0.373 e. The Morgan fingerprint density at radius 2 is 1.80 bits per heavy atom. The van der Waals surface area contributed by atoms with Crippen molar-refractivity contribution in [3.05, 3.63) is 0 Å². The zero-order valence-corrected chi connectivity index (χ0v) is 12.9. The standard InChI is InChI=1S/C15H29N3O2/c1-12-9-17(10-13(2)20-12)11-14-4-7-18(8-5-14)15(19)3-6-16/h12-14H,3-11,16H2,1-2H3. The third kappa shape index (κ3) is 4.43. The maximum absolute atomic E-state index is 11.8. The molecular weight excluding hydrogens is 254 g/mol. The third-order valence-electron chi connectivity index (χ3n) is 4.34. The highest BCUT2D eigenvalue weighted by Crippen LogP contribution is 2.21. The highest BCUT2D eigenvalue weighted by atomic mass is 16.5. The lowest BCUT2D eigenvalue weighted by Gasteiger charge is -2.39. The Kier molecular flexibility index (Phi) is 5.81. The predicted molar refractivity (Wildman–Crippen MR) is 79.4 cm³/mol. The molecule has 0 aromatic heterocycles. The van der Waals surface area contributed by atoms with E-state index in [0.29, 0.717) is 25.2 Å². The molecule has 2 heterocycles. The van der Waals surface area contributed by atoms with E-state index in [1.165, 1.54) is 0 Å². The number of hydrogen-bond acceptors (Lipinski definition) is 4. The van der Waals surface area contributed by atoms with Crippen LogP contribution in [0.4, 0.5) is 0 Å². The van der Waals surface area contributed by atoms with Crippen molar-refractivity contribution in [1.82, 2.24) is 9.80 Å². The summed E-state index contributed by atoms with van der Waals surface area (Å²) in [7, 11) is 0. The van der Waals surface area contributed by atoms with E-state index in [1.54, 1.807) is 0 Å². The van der Waals surface area contributed by atoms with Crippen molar-refractivity contribution >= 4 is 5.91 Å². The normalized spacial score (nSPS) is 29.6. The molecule has 0 radical (unpaired) electrons. The Hall–Kier alpha value is -0.650. The first-order chi connectivity index (χ1) is 9.58. The van der Waals surface area contributed by atoms with Gasteiger partial charge in [0, 0.05) is 45.7 Å². The lowest BCUT2D eigenvalue weighted by molar-refractivity contribution is -0.132. The lowest BCUT2D eigenvalue weighted by Crippen LogP contribution is -2.48. The van der Waals surface area contributed by atoms with Crippen LogP contribution in [0, 0.1) is 5.92 Å². The van der Waals surface area contributed by atoms with E-state index in [4.69, 9.17) is 10.5 Å². The fraction of sp³-hybridized carbons (Fsp3) is 0.933. The Bertz CT molecular complexity index is 306. The minimum atomic E-state index is 0.222. The van der Waals surface area contributed by atoms with Crippen LogP contribution >= 0.6 is 0 Å². The van der Waals surface area contributed by atoms with E-state index in [2.05, 4.69) is 18.7 Å². The first kappa shape index (κ1) is 15.7. The quantitative estimate of drug-likeness (QED) is 0.824. The maximum atomic E-state index is 11.8. The molecule has 20 heavy (non-hydrogen) atoms. The maximum Gasteiger partial charge on any atom is 0.223 e. The summed E-state index contributed by atoms with van der Waals surface area (Å²) in [5.74, 6) is 0.939. The van der Waals surface area contributed by atoms with E-state index in [0.717, 1.165) is 51.5 Å². The first-order valence-electron chi connectivity index (χ1n) is 7.94. The second-order valence-corrected chi connectivity index (χ2v) is 6.34. The van der Waals surface area contributed by atoms with Crippen molar-refractivity contribution in [3.63, 3.8) is 0 Å². The van der Waals surface area contributed by atoms with Crippen LogP contribution in [-0.2, 0) is 9.53 Å². The molecule has 2 unspecified atom stereocenters. The van der Waals surface area contributed by atoms with E-state index in [-0.39, 0.29) is 5.91 Å². The van der Waals surface area contributed by atoms with Gasteiger partial charge in [0.2, 0.25) is 5.91 Å². The average Bonchev–Trinajstić information content (AvgIpc) is 2.38. The number of nitrogens with two attached hydrogens (primary N) is 1. The Morgan fingerprint density at radius 1 is 1.20 bits per heavy atom. The number of hydrogen-bond donors (Lipinski definition) is 1. The summed E-state index contributed by atoms with van der Waals surface area (Å²) in [4.78, 5) is 16.3. The number of ether oxygens (including phenoxy) is 1. The molecule has 2 rings (SSSR count). The third-order valence-corrected chi connectivity index (χ3v) is 4.34. The smallest absolute Gasteiger partial charge is 0.223 e. The number of rotatable bonds is 4. The molecule has 1 amide bonds. The topological polar surface area (TPSA) is 58.8 Å². The zero-order chi connectivity index (χ0) is 14.5. The Morgan fingerprint density at radius 3 is 2.35 bits per heavy atom. The number of piperidine rings is 1. The van der Waals surface area contributed by atoms with Crippen LogP contribution in [0.3, 0.4) is 0 Å². The second kappa shape index (κ2) is 7.38. The van der Waals surface area contributed by atoms with Gasteiger partial charge < -0.3 is 15.4 Å². The van der Waals surface area contributed by atoms with Gasteiger partial charge in [0.1, 0.15) is 0 Å². The van der Waals surface area contributed by atoms with Crippen molar-refractivity contribution in [2.24, 2.45) is 11.7 Å². The Balaban J connectivity index is 1.72. The Labute approximate surface area is 122 Å². The van der Waals surface area contributed by atoms with E-state index >= 15 is 0 Å². The summed E-state index contributed by atoms with van der Waals surface area (Å²) in [6.45, 7) is 9.79. The molecule has 0 bridgehead atoms. The van der Waals surface area contributed by atoms with Gasteiger partial charge in [-0.15, -0.1) is 0 Å². The predicted octanol–water partition coefficient (Wildman–Crippen LogP) is 0.683. The van der Waals surface area contributed by atoms with Crippen LogP contribution in [0.25, 0.3) is 0 Å². The molecule has 0 spiro atoms. The largest absolute Gasteiger partial charge is 0.373 e. The van der Waals surface area contributed by atoms with Crippen molar-refractivity contribution in [2.45, 2.75) is 45.3 Å². The molecule has 0 saturated carbocycles. The van der Waals surface area contributed by atoms with Crippen LogP contribution in [0.5, 0.6) is 0 Å². The summed E-state index contributed by atoms with van der Waals surface area (Å²) < 4.78 is 5.77. The summed E-state index contributed by atoms with van der Waals surface area (Å²) in [6, 6.07) is 0. The van der Waals surface area contributed by atoms with Gasteiger partial charge in [-0.25, -0.2) is 0 Å². The fourth-order valence-electron chi connectivity index (χ4n) is 3.45. The zero-order valence-electron chi connectivity index (χ0n) is 12.9. The van der Waals surface area contributed by atoms with Gasteiger partial charge >= 0.3 is 0 Å². The molecule has 2 aliphatic heterocycles. The highest BCUT2D eigenvalue weighted by molar-refractivity contribution is 5.76. The van der Waals surface area contributed by atoms with Crippen LogP contribution in [0.2, 0.25) is 0 Å². The molecule has 2 saturated heterocycles. The van der Waals surface area contributed by atoms with E-state index < -0.39 is 0 Å². The van der Waals surface area contributed by atoms with Crippen molar-refractivity contribution in [3.8, 4) is 0 Å². The number of likely N-dealkylation sites (tertiary alicyclic amines) is 1. The van der Waals surface area contributed by atoms with Gasteiger partial charge in [0.15, 0.2) is 0 Å². The molecular formula is C15H29N3O2. The van der Waals surface area contributed by atoms with Gasteiger partial charge in [-0.3, -0.25) is 9.69 Å². The molecule has 2 N–H and O–H groups in total. The fourth-order valence-corrected chi connectivity index (χ4v) is 3.45. The van der Waals surface area contributed by atoms with Gasteiger partial charge in [0.05, 0.1) is 12.2 Å².